The van der Waals surface area contributed by atoms with Gasteiger partial charge in [-0.3, -0.25) is 9.78 Å². The predicted octanol–water partition coefficient (Wildman–Crippen LogP) is 4.43. The molecule has 2 aromatic rings. The van der Waals surface area contributed by atoms with E-state index in [1.165, 1.54) is 32.9 Å². The summed E-state index contributed by atoms with van der Waals surface area (Å²) < 4.78 is 58.7. The summed E-state index contributed by atoms with van der Waals surface area (Å²) in [6, 6.07) is 1.35. The summed E-state index contributed by atoms with van der Waals surface area (Å²) >= 11 is -1.20. The SMILES string of the molecule is C=C(/N=C(\C(/N=C(\C=O)NCc1ccc([S+](C)[O-])cn1)=C(C)C)N(C)[C@@H](C)C(F)(F)F)c1c(OC)ncnc1C1CC1. The maximum Gasteiger partial charge on any atom is 0.408 e. The third-order valence-corrected chi connectivity index (χ3v) is 7.43. The minimum absolute atomic E-state index is 0.0397. The monoisotopic (exact) mass is 605 g/mol. The van der Waals surface area contributed by atoms with Crippen LogP contribution in [0.15, 0.2) is 57.4 Å². The average Bonchev–Trinajstić information content (AvgIpc) is 3.80. The minimum Gasteiger partial charge on any atom is -0.612 e. The molecule has 0 bridgehead atoms. The number of carbonyl (C=O) groups is 1. The Labute approximate surface area is 246 Å². The molecular weight excluding hydrogens is 571 g/mol. The fraction of sp³-hybridized carbons (Fsp3) is 0.429. The van der Waals surface area contributed by atoms with Gasteiger partial charge < -0.3 is 19.5 Å². The fourth-order valence-corrected chi connectivity index (χ4v) is 4.30. The minimum atomic E-state index is -4.59. The first kappa shape index (κ1) is 32.7. The normalized spacial score (nSPS) is 15.5. The molecule has 2 heterocycles. The number of hydrogen-bond donors (Lipinski definition) is 1. The zero-order chi connectivity index (χ0) is 31.2. The van der Waals surface area contributed by atoms with Gasteiger partial charge in [0.05, 0.1) is 42.5 Å². The van der Waals surface area contributed by atoms with Crippen LogP contribution >= 0.6 is 0 Å². The number of nitrogens with zero attached hydrogens (tertiary/aromatic N) is 6. The highest BCUT2D eigenvalue weighted by Crippen LogP contribution is 2.44. The van der Waals surface area contributed by atoms with Crippen LogP contribution in [-0.4, -0.2) is 75.0 Å². The summed E-state index contributed by atoms with van der Waals surface area (Å²) in [5.41, 5.74) is 2.23. The van der Waals surface area contributed by atoms with Crippen LogP contribution in [0.3, 0.4) is 0 Å². The first-order valence-electron chi connectivity index (χ1n) is 13.0. The van der Waals surface area contributed by atoms with Crippen molar-refractivity contribution in [3.05, 3.63) is 59.5 Å². The van der Waals surface area contributed by atoms with Crippen molar-refractivity contribution in [2.24, 2.45) is 9.98 Å². The summed E-state index contributed by atoms with van der Waals surface area (Å²) in [6.45, 7) is 8.43. The first-order valence-corrected chi connectivity index (χ1v) is 14.5. The number of methoxy groups -OCH3 is 1. The Balaban J connectivity index is 2.06. The van der Waals surface area contributed by atoms with Gasteiger partial charge >= 0.3 is 6.18 Å². The van der Waals surface area contributed by atoms with E-state index in [0.29, 0.717) is 33.7 Å². The van der Waals surface area contributed by atoms with Gasteiger partial charge in [-0.05, 0) is 62.5 Å². The van der Waals surface area contributed by atoms with E-state index in [4.69, 9.17) is 4.74 Å². The van der Waals surface area contributed by atoms with Gasteiger partial charge in [-0.2, -0.15) is 13.2 Å². The molecule has 42 heavy (non-hydrogen) atoms. The lowest BCUT2D eigenvalue weighted by Gasteiger charge is -2.30. The summed E-state index contributed by atoms with van der Waals surface area (Å²) in [7, 11) is 2.68. The molecule has 0 amide bonds. The number of nitrogens with one attached hydrogen (secondary N) is 1. The summed E-state index contributed by atoms with van der Waals surface area (Å²) in [6.07, 6.45) is 2.02. The van der Waals surface area contributed by atoms with Crippen LogP contribution in [0.1, 0.15) is 56.5 Å². The highest BCUT2D eigenvalue weighted by Gasteiger charge is 2.41. The van der Waals surface area contributed by atoms with E-state index in [-0.39, 0.29) is 41.4 Å². The van der Waals surface area contributed by atoms with Gasteiger partial charge in [-0.1, -0.05) is 6.58 Å². The Morgan fingerprint density at radius 2 is 1.98 bits per heavy atom. The van der Waals surface area contributed by atoms with E-state index in [2.05, 4.69) is 36.8 Å². The van der Waals surface area contributed by atoms with Crippen molar-refractivity contribution >= 4 is 34.8 Å². The number of rotatable bonds is 11. The summed E-state index contributed by atoms with van der Waals surface area (Å²) in [4.78, 5) is 35.2. The molecule has 1 saturated carbocycles. The lowest BCUT2D eigenvalue weighted by Crippen LogP contribution is -2.45. The Kier molecular flexibility index (Phi) is 10.9. The van der Waals surface area contributed by atoms with Crippen LogP contribution in [0.4, 0.5) is 13.2 Å². The molecule has 0 radical (unpaired) electrons. The number of aldehydes is 1. The Morgan fingerprint density at radius 1 is 1.29 bits per heavy atom. The summed E-state index contributed by atoms with van der Waals surface area (Å²) in [5.74, 6) is 0.0359. The molecule has 0 aliphatic heterocycles. The van der Waals surface area contributed by atoms with Gasteiger partial charge in [-0.15, -0.1) is 0 Å². The molecule has 1 unspecified atom stereocenters. The van der Waals surface area contributed by atoms with E-state index in [1.54, 1.807) is 26.0 Å². The van der Waals surface area contributed by atoms with Gasteiger partial charge in [-0.25, -0.2) is 20.0 Å². The molecule has 0 saturated heterocycles. The van der Waals surface area contributed by atoms with E-state index in [0.717, 1.165) is 24.7 Å². The van der Waals surface area contributed by atoms with Gasteiger partial charge in [0.2, 0.25) is 5.88 Å². The molecule has 2 aromatic heterocycles. The standard InChI is InChI=1S/C28H34F3N7O3S/c1-16(2)24(37-22(14-39)33-12-20-10-11-21(13-32-20)42(7)40)26(38(5)18(4)28(29,30)31)36-17(3)23-25(19-8-9-19)34-15-35-27(23)41-6/h10-11,13-15,18-19H,3,8-9,12H2,1-2,4-7H3,(H,33,37)/b36-26+/t18-,42?/m0/s1. The predicted molar refractivity (Wildman–Crippen MR) is 156 cm³/mol. The molecule has 10 nitrogen and oxygen atoms in total. The molecular formula is C28H34F3N7O3S. The molecule has 3 rings (SSSR count). The largest absolute Gasteiger partial charge is 0.612 e. The number of hydrogen-bond acceptors (Lipinski definition) is 8. The van der Waals surface area contributed by atoms with E-state index in [9.17, 15) is 22.5 Å². The third kappa shape index (κ3) is 8.16. The van der Waals surface area contributed by atoms with Crippen molar-refractivity contribution in [1.29, 1.82) is 0 Å². The maximum absolute atomic E-state index is 13.9. The second-order valence-electron chi connectivity index (χ2n) is 9.88. The van der Waals surface area contributed by atoms with Crippen LogP contribution in [-0.2, 0) is 22.5 Å². The fourth-order valence-electron chi connectivity index (χ4n) is 3.84. The second kappa shape index (κ2) is 13.9. The smallest absolute Gasteiger partial charge is 0.408 e. The summed E-state index contributed by atoms with van der Waals surface area (Å²) in [5, 5.41) is 2.86. The zero-order valence-electron chi connectivity index (χ0n) is 24.3. The highest BCUT2D eigenvalue weighted by atomic mass is 32.2. The van der Waals surface area contributed by atoms with Gasteiger partial charge in [0.1, 0.15) is 24.3 Å². The van der Waals surface area contributed by atoms with Crippen LogP contribution in [0.2, 0.25) is 0 Å². The van der Waals surface area contributed by atoms with Gasteiger partial charge in [0, 0.05) is 13.0 Å². The van der Waals surface area contributed by atoms with Crippen molar-refractivity contribution in [3.8, 4) is 5.88 Å². The number of allylic oxidation sites excluding steroid dienone is 1. The number of pyridine rings is 1. The molecule has 0 aromatic carbocycles. The highest BCUT2D eigenvalue weighted by molar-refractivity contribution is 7.90. The number of carbonyl (C=O) groups excluding carboxylic acids is 1. The topological polar surface area (TPSA) is 128 Å². The number of aliphatic imine (C=N–C) groups is 2. The van der Waals surface area contributed by atoms with Crippen LogP contribution in [0.5, 0.6) is 5.88 Å². The number of amidine groups is 2. The lowest BCUT2D eigenvalue weighted by molar-refractivity contribution is -0.166. The van der Waals surface area contributed by atoms with Gasteiger partial charge in [0.15, 0.2) is 22.9 Å². The molecule has 2 atom stereocenters. The molecule has 1 N–H and O–H groups in total. The van der Waals surface area contributed by atoms with Crippen molar-refractivity contribution < 1.29 is 27.3 Å². The van der Waals surface area contributed by atoms with Crippen molar-refractivity contribution in [1.82, 2.24) is 25.2 Å². The third-order valence-electron chi connectivity index (χ3n) is 6.53. The average molecular weight is 606 g/mol. The second-order valence-corrected chi connectivity index (χ2v) is 11.3. The van der Waals surface area contributed by atoms with Gasteiger partial charge in [0.25, 0.3) is 0 Å². The Hall–Kier alpha value is -3.78. The first-order chi connectivity index (χ1) is 19.8. The number of likely N-dealkylation sites (N-methyl/N-ethyl adjacent to an activating group) is 1. The molecule has 1 aliphatic rings. The Bertz CT molecular complexity index is 1380. The number of alkyl halides is 3. The van der Waals surface area contributed by atoms with Crippen LogP contribution in [0, 0.1) is 0 Å². The van der Waals surface area contributed by atoms with Crippen molar-refractivity contribution in [2.45, 2.75) is 63.2 Å². The number of ether oxygens (including phenoxy) is 1. The van der Waals surface area contributed by atoms with E-state index in [1.807, 2.05) is 0 Å². The Morgan fingerprint density at radius 3 is 2.48 bits per heavy atom. The van der Waals surface area contributed by atoms with E-state index < -0.39 is 23.4 Å². The molecule has 1 aliphatic carbocycles. The lowest BCUT2D eigenvalue weighted by atomic mass is 10.1. The molecule has 226 valence electrons. The van der Waals surface area contributed by atoms with Crippen molar-refractivity contribution in [3.63, 3.8) is 0 Å². The molecule has 0 spiro atoms. The van der Waals surface area contributed by atoms with Crippen molar-refractivity contribution in [2.75, 3.05) is 20.4 Å². The maximum atomic E-state index is 13.9. The van der Waals surface area contributed by atoms with E-state index >= 15 is 0 Å². The van der Waals surface area contributed by atoms with Crippen LogP contribution < -0.4 is 10.1 Å². The molecule has 1 fully saturated rings. The number of halogens is 3. The zero-order valence-corrected chi connectivity index (χ0v) is 25.1. The molecule has 14 heteroatoms. The quantitative estimate of drug-likeness (QED) is 0.173. The van der Waals surface area contributed by atoms with Crippen LogP contribution in [0.25, 0.3) is 5.70 Å². The number of aromatic nitrogens is 3.